The average molecular weight is 515 g/mol. The van der Waals surface area contributed by atoms with Crippen LogP contribution in [-0.4, -0.2) is 29.0 Å². The van der Waals surface area contributed by atoms with Gasteiger partial charge in [-0.15, -0.1) is 0 Å². The van der Waals surface area contributed by atoms with E-state index in [2.05, 4.69) is 37.0 Å². The molecule has 0 unspecified atom stereocenters. The number of halogens is 1. The lowest BCUT2D eigenvalue weighted by Crippen LogP contribution is -2.11. The van der Waals surface area contributed by atoms with E-state index >= 15 is 0 Å². The molecule has 2 heterocycles. The van der Waals surface area contributed by atoms with Gasteiger partial charge in [-0.05, 0) is 47.0 Å². The molecule has 4 rings (SSSR count). The first-order valence-electron chi connectivity index (χ1n) is 12.2. The number of methoxy groups -OCH3 is 2. The number of pyridine rings is 1. The summed E-state index contributed by atoms with van der Waals surface area (Å²) in [6, 6.07) is 8.40. The van der Waals surface area contributed by atoms with Crippen LogP contribution in [0.1, 0.15) is 75.8 Å². The van der Waals surface area contributed by atoms with Crippen LogP contribution >= 0.6 is 15.9 Å². The minimum Gasteiger partial charge on any atom is -0.497 e. The quantitative estimate of drug-likeness (QED) is 0.374. The molecule has 1 fully saturated rings. The minimum absolute atomic E-state index is 0.439. The molecule has 0 saturated heterocycles. The van der Waals surface area contributed by atoms with E-state index in [9.17, 15) is 0 Å². The Morgan fingerprint density at radius 3 is 2.33 bits per heavy atom. The number of rotatable bonds is 6. The molecule has 0 aliphatic heterocycles. The van der Waals surface area contributed by atoms with Crippen molar-refractivity contribution in [2.45, 2.75) is 76.8 Å². The van der Waals surface area contributed by atoms with Crippen molar-refractivity contribution in [2.75, 3.05) is 19.5 Å². The van der Waals surface area contributed by atoms with E-state index < -0.39 is 0 Å². The Kier molecular flexibility index (Phi) is 8.48. The van der Waals surface area contributed by atoms with E-state index in [0.717, 1.165) is 38.4 Å². The fraction of sp³-hybridized carbons (Fsp3) is 0.538. The van der Waals surface area contributed by atoms with Gasteiger partial charge in [0.1, 0.15) is 21.9 Å². The minimum atomic E-state index is 0.439. The van der Waals surface area contributed by atoms with Crippen LogP contribution in [0.5, 0.6) is 11.5 Å². The number of anilines is 1. The van der Waals surface area contributed by atoms with Crippen molar-refractivity contribution in [1.82, 2.24) is 14.8 Å². The van der Waals surface area contributed by atoms with Crippen molar-refractivity contribution in [3.8, 4) is 11.5 Å². The molecule has 0 atom stereocenters. The van der Waals surface area contributed by atoms with Gasteiger partial charge in [-0.25, -0.2) is 4.98 Å². The lowest BCUT2D eigenvalue weighted by molar-refractivity contribution is 0.382. The van der Waals surface area contributed by atoms with Crippen LogP contribution in [0.2, 0.25) is 0 Å². The second-order valence-electron chi connectivity index (χ2n) is 8.88. The van der Waals surface area contributed by atoms with Gasteiger partial charge in [-0.1, -0.05) is 51.4 Å². The molecule has 0 spiro atoms. The van der Waals surface area contributed by atoms with Crippen LogP contribution in [0.15, 0.2) is 35.1 Å². The van der Waals surface area contributed by atoms with Gasteiger partial charge in [-0.3, -0.25) is 4.68 Å². The van der Waals surface area contributed by atoms with Crippen molar-refractivity contribution in [2.24, 2.45) is 0 Å². The summed E-state index contributed by atoms with van der Waals surface area (Å²) in [4.78, 5) is 4.64. The van der Waals surface area contributed by atoms with Crippen molar-refractivity contribution in [3.63, 3.8) is 0 Å². The first-order valence-corrected chi connectivity index (χ1v) is 13.0. The van der Waals surface area contributed by atoms with Crippen LogP contribution in [0.3, 0.4) is 0 Å². The third kappa shape index (κ3) is 5.81. The molecule has 2 aromatic heterocycles. The largest absolute Gasteiger partial charge is 0.497 e. The van der Waals surface area contributed by atoms with Gasteiger partial charge < -0.3 is 14.8 Å². The van der Waals surface area contributed by atoms with Gasteiger partial charge in [0.25, 0.3) is 0 Å². The number of nitrogens with one attached hydrogen (secondary N) is 1. The highest BCUT2D eigenvalue weighted by Crippen LogP contribution is 2.35. The van der Waals surface area contributed by atoms with Crippen LogP contribution in [0.4, 0.5) is 5.82 Å². The lowest BCUT2D eigenvalue weighted by atomic mass is 10.0. The predicted octanol–water partition coefficient (Wildman–Crippen LogP) is 7.28. The number of nitrogens with zero attached hydrogens (tertiary/aromatic N) is 3. The Bertz CT molecular complexity index is 1040. The molecule has 0 amide bonds. The third-order valence-corrected chi connectivity index (χ3v) is 7.24. The number of aromatic nitrogens is 3. The molecule has 33 heavy (non-hydrogen) atoms. The van der Waals surface area contributed by atoms with Crippen molar-refractivity contribution < 1.29 is 9.47 Å². The van der Waals surface area contributed by atoms with Gasteiger partial charge in [0.15, 0.2) is 0 Å². The normalized spacial score (nSPS) is 16.3. The summed E-state index contributed by atoms with van der Waals surface area (Å²) in [5.74, 6) is 2.41. The van der Waals surface area contributed by atoms with Crippen molar-refractivity contribution >= 4 is 32.7 Å². The smallest absolute Gasteiger partial charge is 0.139 e. The summed E-state index contributed by atoms with van der Waals surface area (Å²) >= 11 is 3.73. The van der Waals surface area contributed by atoms with E-state index in [1.54, 1.807) is 14.2 Å². The fourth-order valence-electron chi connectivity index (χ4n) is 4.84. The molecule has 1 aliphatic carbocycles. The number of benzene rings is 1. The molecular formula is C26H35BrN4O2. The Morgan fingerprint density at radius 2 is 1.67 bits per heavy atom. The number of fused-ring (bicyclic) bond motifs is 1. The fourth-order valence-corrected chi connectivity index (χ4v) is 5.40. The number of hydrogen-bond acceptors (Lipinski definition) is 5. The zero-order chi connectivity index (χ0) is 23.0. The Balaban J connectivity index is 1.57. The zero-order valence-corrected chi connectivity index (χ0v) is 21.4. The molecule has 0 radical (unpaired) electrons. The molecule has 7 heteroatoms. The predicted molar refractivity (Wildman–Crippen MR) is 137 cm³/mol. The maximum atomic E-state index is 5.55. The van der Waals surface area contributed by atoms with E-state index in [0.29, 0.717) is 12.6 Å². The van der Waals surface area contributed by atoms with Gasteiger partial charge in [-0.2, -0.15) is 5.10 Å². The first-order chi connectivity index (χ1) is 16.2. The molecule has 1 N–H and O–H groups in total. The molecule has 0 bridgehead atoms. The topological polar surface area (TPSA) is 61.2 Å². The zero-order valence-electron chi connectivity index (χ0n) is 19.8. The molecule has 1 saturated carbocycles. The van der Waals surface area contributed by atoms with E-state index in [1.807, 2.05) is 24.4 Å². The third-order valence-electron chi connectivity index (χ3n) is 6.69. The summed E-state index contributed by atoms with van der Waals surface area (Å²) in [5.41, 5.74) is 2.19. The second kappa shape index (κ2) is 11.7. The lowest BCUT2D eigenvalue weighted by Gasteiger charge is -2.18. The second-order valence-corrected chi connectivity index (χ2v) is 9.63. The SMILES string of the molecule is COc1ccc(CNc2nccc3c2c(Br)nn3C2CCCCCCCCCC2)c(OC)c1. The maximum absolute atomic E-state index is 5.55. The molecule has 6 nitrogen and oxygen atoms in total. The summed E-state index contributed by atoms with van der Waals surface area (Å²) in [5, 5.41) is 9.50. The Labute approximate surface area is 205 Å². The van der Waals surface area contributed by atoms with Crippen LogP contribution in [0.25, 0.3) is 10.9 Å². The van der Waals surface area contributed by atoms with Crippen LogP contribution in [-0.2, 0) is 6.54 Å². The first kappa shape index (κ1) is 23.9. The van der Waals surface area contributed by atoms with E-state index in [1.165, 1.54) is 64.2 Å². The molecule has 178 valence electrons. The molecule has 3 aromatic rings. The highest BCUT2D eigenvalue weighted by atomic mass is 79.9. The van der Waals surface area contributed by atoms with E-state index in [-0.39, 0.29) is 0 Å². The van der Waals surface area contributed by atoms with Crippen LogP contribution in [0, 0.1) is 0 Å². The average Bonchev–Trinajstić information content (AvgIpc) is 3.15. The summed E-state index contributed by atoms with van der Waals surface area (Å²) in [6.07, 6.45) is 15.0. The molecule has 1 aliphatic rings. The Hall–Kier alpha value is -2.28. The maximum Gasteiger partial charge on any atom is 0.139 e. The monoisotopic (exact) mass is 514 g/mol. The summed E-state index contributed by atoms with van der Waals surface area (Å²) in [6.45, 7) is 0.598. The highest BCUT2D eigenvalue weighted by molar-refractivity contribution is 9.10. The number of hydrogen-bond donors (Lipinski definition) is 1. The van der Waals surface area contributed by atoms with Gasteiger partial charge in [0.05, 0.1) is 31.2 Å². The highest BCUT2D eigenvalue weighted by Gasteiger charge is 2.20. The van der Waals surface area contributed by atoms with Gasteiger partial charge in [0.2, 0.25) is 0 Å². The molecule has 1 aromatic carbocycles. The summed E-state index contributed by atoms with van der Waals surface area (Å²) in [7, 11) is 3.34. The summed E-state index contributed by atoms with van der Waals surface area (Å²) < 4.78 is 14.0. The van der Waals surface area contributed by atoms with Crippen molar-refractivity contribution in [3.05, 3.63) is 40.6 Å². The number of ether oxygens (including phenoxy) is 2. The van der Waals surface area contributed by atoms with Crippen LogP contribution < -0.4 is 14.8 Å². The van der Waals surface area contributed by atoms with Crippen molar-refractivity contribution in [1.29, 1.82) is 0 Å². The van der Waals surface area contributed by atoms with Gasteiger partial charge >= 0.3 is 0 Å². The van der Waals surface area contributed by atoms with Gasteiger partial charge in [0, 0.05) is 24.4 Å². The standard InChI is InChI=1S/C26H35BrN4O2/c1-32-21-14-13-19(23(17-21)33-2)18-29-26-24-22(15-16-28-26)31(30-25(24)27)20-11-9-7-5-3-4-6-8-10-12-20/h13-17,20H,3-12,18H2,1-2H3,(H,28,29). The Morgan fingerprint density at radius 1 is 0.970 bits per heavy atom. The van der Waals surface area contributed by atoms with E-state index in [4.69, 9.17) is 14.6 Å². The molecular weight excluding hydrogens is 480 g/mol.